The Labute approximate surface area is 160 Å². The van der Waals surface area contributed by atoms with Crippen molar-refractivity contribution in [1.29, 1.82) is 0 Å². The van der Waals surface area contributed by atoms with Gasteiger partial charge in [0.05, 0.1) is 21.1 Å². The quantitative estimate of drug-likeness (QED) is 0.337. The van der Waals surface area contributed by atoms with Gasteiger partial charge >= 0.3 is 0 Å². The maximum Gasteiger partial charge on any atom is 0.293 e. The third-order valence-corrected chi connectivity index (χ3v) is 5.70. The highest BCUT2D eigenvalue weighted by atomic mass is 32.2. The lowest BCUT2D eigenvalue weighted by molar-refractivity contribution is -0.384. The Kier molecular flexibility index (Phi) is 6.33. The van der Waals surface area contributed by atoms with E-state index < -0.39 is 14.8 Å². The van der Waals surface area contributed by atoms with E-state index in [9.17, 15) is 23.3 Å². The number of aryl methyl sites for hydroxylation is 1. The smallest absolute Gasteiger partial charge is 0.293 e. The standard InChI is InChI=1S/C15H19N5O5S2/c1-9-13(15(16-2)26-19-9)14(21)18-7-6-17-11-5-4-10(27(3,24)25)8-12(11)20(22)23/h4-5,8,16-17H,6-7H2,1-3H3,(H,18,21). The third-order valence-electron chi connectivity index (χ3n) is 3.64. The van der Waals surface area contributed by atoms with E-state index in [-0.39, 0.29) is 35.3 Å². The number of hydrogen-bond acceptors (Lipinski definition) is 9. The van der Waals surface area contributed by atoms with Crippen LogP contribution < -0.4 is 16.0 Å². The van der Waals surface area contributed by atoms with Crippen LogP contribution in [0.3, 0.4) is 0 Å². The molecule has 0 aliphatic heterocycles. The van der Waals surface area contributed by atoms with Crippen molar-refractivity contribution in [2.45, 2.75) is 11.8 Å². The van der Waals surface area contributed by atoms with Crippen LogP contribution in [-0.2, 0) is 9.84 Å². The van der Waals surface area contributed by atoms with E-state index in [4.69, 9.17) is 0 Å². The summed E-state index contributed by atoms with van der Waals surface area (Å²) in [6.07, 6.45) is 0.982. The Hall–Kier alpha value is -2.73. The van der Waals surface area contributed by atoms with Gasteiger partial charge in [0.25, 0.3) is 11.6 Å². The van der Waals surface area contributed by atoms with Crippen molar-refractivity contribution in [2.75, 3.05) is 37.0 Å². The molecule has 1 amide bonds. The number of nitro benzene ring substituents is 1. The average molecular weight is 413 g/mol. The number of anilines is 2. The molecule has 0 aliphatic rings. The second-order valence-corrected chi connectivity index (χ2v) is 8.40. The zero-order chi connectivity index (χ0) is 20.2. The summed E-state index contributed by atoms with van der Waals surface area (Å²) in [5.74, 6) is -0.297. The van der Waals surface area contributed by atoms with E-state index in [0.29, 0.717) is 16.3 Å². The van der Waals surface area contributed by atoms with Crippen LogP contribution in [0.2, 0.25) is 0 Å². The van der Waals surface area contributed by atoms with Gasteiger partial charge < -0.3 is 16.0 Å². The molecular formula is C15H19N5O5S2. The molecule has 0 bridgehead atoms. The summed E-state index contributed by atoms with van der Waals surface area (Å²) in [7, 11) is -1.85. The number of carbonyl (C=O) groups excluding carboxylic acids is 1. The first kappa shape index (κ1) is 20.6. The average Bonchev–Trinajstić information content (AvgIpc) is 2.98. The van der Waals surface area contributed by atoms with Crippen LogP contribution in [0.4, 0.5) is 16.4 Å². The largest absolute Gasteiger partial charge is 0.378 e. The molecule has 0 radical (unpaired) electrons. The first-order valence-corrected chi connectivity index (χ1v) is 10.5. The third kappa shape index (κ3) is 4.92. The van der Waals surface area contributed by atoms with Gasteiger partial charge in [0, 0.05) is 32.5 Å². The molecule has 0 saturated heterocycles. The van der Waals surface area contributed by atoms with Gasteiger partial charge in [0.1, 0.15) is 10.7 Å². The molecular weight excluding hydrogens is 394 g/mol. The first-order valence-electron chi connectivity index (χ1n) is 7.79. The van der Waals surface area contributed by atoms with Crippen molar-refractivity contribution in [3.8, 4) is 0 Å². The molecule has 0 unspecified atom stereocenters. The summed E-state index contributed by atoms with van der Waals surface area (Å²) in [4.78, 5) is 22.7. The number of nitrogens with zero attached hydrogens (tertiary/aromatic N) is 2. The summed E-state index contributed by atoms with van der Waals surface area (Å²) in [5, 5.41) is 20.3. The van der Waals surface area contributed by atoms with Crippen molar-refractivity contribution in [1.82, 2.24) is 9.69 Å². The van der Waals surface area contributed by atoms with Crippen molar-refractivity contribution in [2.24, 2.45) is 0 Å². The minimum Gasteiger partial charge on any atom is -0.378 e. The first-order chi connectivity index (χ1) is 12.6. The zero-order valence-corrected chi connectivity index (χ0v) is 16.5. The molecule has 0 saturated carbocycles. The highest BCUT2D eigenvalue weighted by Crippen LogP contribution is 2.27. The minimum absolute atomic E-state index is 0.131. The fraction of sp³-hybridized carbons (Fsp3) is 0.333. The van der Waals surface area contributed by atoms with E-state index in [0.717, 1.165) is 12.3 Å². The topological polar surface area (TPSA) is 143 Å². The molecule has 0 aliphatic carbocycles. The maximum absolute atomic E-state index is 12.3. The SMILES string of the molecule is CNc1snc(C)c1C(=O)NCCNc1ccc(S(C)(=O)=O)cc1[N+](=O)[O-]. The van der Waals surface area contributed by atoms with E-state index in [2.05, 4.69) is 20.3 Å². The Morgan fingerprint density at radius 1 is 1.33 bits per heavy atom. The molecule has 2 rings (SSSR count). The summed E-state index contributed by atoms with van der Waals surface area (Å²) in [6, 6.07) is 3.64. The van der Waals surface area contributed by atoms with Gasteiger partial charge in [-0.25, -0.2) is 8.42 Å². The van der Waals surface area contributed by atoms with Crippen LogP contribution in [0.25, 0.3) is 0 Å². The highest BCUT2D eigenvalue weighted by Gasteiger charge is 2.19. The highest BCUT2D eigenvalue weighted by molar-refractivity contribution is 7.90. The number of carbonyl (C=O) groups is 1. The van der Waals surface area contributed by atoms with Crippen LogP contribution in [0.15, 0.2) is 23.1 Å². The van der Waals surface area contributed by atoms with Gasteiger partial charge in [0.15, 0.2) is 9.84 Å². The van der Waals surface area contributed by atoms with Crippen molar-refractivity contribution < 1.29 is 18.1 Å². The number of hydrogen-bond donors (Lipinski definition) is 3. The fourth-order valence-corrected chi connectivity index (χ4v) is 3.70. The second kappa shape index (κ2) is 8.31. The Bertz CT molecular complexity index is 971. The van der Waals surface area contributed by atoms with Crippen LogP contribution in [-0.4, -0.2) is 50.0 Å². The molecule has 146 valence electrons. The van der Waals surface area contributed by atoms with E-state index >= 15 is 0 Å². The normalized spacial score (nSPS) is 11.1. The summed E-state index contributed by atoms with van der Waals surface area (Å²) < 4.78 is 27.2. The van der Waals surface area contributed by atoms with Crippen LogP contribution >= 0.6 is 11.5 Å². The Morgan fingerprint density at radius 3 is 2.63 bits per heavy atom. The Morgan fingerprint density at radius 2 is 2.04 bits per heavy atom. The second-order valence-electron chi connectivity index (χ2n) is 5.61. The number of benzene rings is 1. The molecule has 1 aromatic heterocycles. The van der Waals surface area contributed by atoms with Crippen LogP contribution in [0.1, 0.15) is 16.1 Å². The Balaban J connectivity index is 2.02. The van der Waals surface area contributed by atoms with E-state index in [1.807, 2.05) is 0 Å². The monoisotopic (exact) mass is 413 g/mol. The molecule has 0 spiro atoms. The van der Waals surface area contributed by atoms with Gasteiger partial charge in [-0.2, -0.15) is 4.37 Å². The predicted octanol–water partition coefficient (Wildman–Crippen LogP) is 1.65. The molecule has 27 heavy (non-hydrogen) atoms. The zero-order valence-electron chi connectivity index (χ0n) is 14.9. The molecule has 3 N–H and O–H groups in total. The molecule has 1 heterocycles. The fourth-order valence-electron chi connectivity index (χ4n) is 2.31. The van der Waals surface area contributed by atoms with Gasteiger partial charge in [-0.15, -0.1) is 0 Å². The number of sulfone groups is 1. The van der Waals surface area contributed by atoms with Gasteiger partial charge in [-0.1, -0.05) is 0 Å². The number of nitrogens with one attached hydrogen (secondary N) is 3. The molecule has 0 atom stereocenters. The molecule has 1 aromatic carbocycles. The number of aromatic nitrogens is 1. The number of rotatable bonds is 8. The van der Waals surface area contributed by atoms with E-state index in [1.165, 1.54) is 23.7 Å². The number of nitro groups is 1. The lowest BCUT2D eigenvalue weighted by Gasteiger charge is -2.10. The van der Waals surface area contributed by atoms with Crippen molar-refractivity contribution >= 4 is 43.7 Å². The van der Waals surface area contributed by atoms with Gasteiger partial charge in [-0.05, 0) is 30.6 Å². The maximum atomic E-state index is 12.3. The van der Waals surface area contributed by atoms with Crippen LogP contribution in [0.5, 0.6) is 0 Å². The molecule has 12 heteroatoms. The van der Waals surface area contributed by atoms with Crippen molar-refractivity contribution in [3.63, 3.8) is 0 Å². The molecule has 2 aromatic rings. The summed E-state index contributed by atoms with van der Waals surface area (Å²) in [5.41, 5.74) is 0.901. The van der Waals surface area contributed by atoms with Crippen LogP contribution in [0, 0.1) is 17.0 Å². The minimum atomic E-state index is -3.55. The van der Waals surface area contributed by atoms with Gasteiger partial charge in [0.2, 0.25) is 0 Å². The molecule has 10 nitrogen and oxygen atoms in total. The molecule has 0 fully saturated rings. The van der Waals surface area contributed by atoms with Gasteiger partial charge in [-0.3, -0.25) is 14.9 Å². The predicted molar refractivity (Wildman–Crippen MR) is 103 cm³/mol. The lowest BCUT2D eigenvalue weighted by Crippen LogP contribution is -2.29. The van der Waals surface area contributed by atoms with Crippen molar-refractivity contribution in [3.05, 3.63) is 39.6 Å². The summed E-state index contributed by atoms with van der Waals surface area (Å²) >= 11 is 1.19. The summed E-state index contributed by atoms with van der Waals surface area (Å²) in [6.45, 7) is 2.16. The number of amides is 1. The lowest BCUT2D eigenvalue weighted by atomic mass is 10.2. The van der Waals surface area contributed by atoms with E-state index in [1.54, 1.807) is 14.0 Å².